The lowest BCUT2D eigenvalue weighted by Crippen LogP contribution is -2.19. The standard InChI is InChI=1S/C15H16Cl2N4O2/c1-8-13(14(18)22)11(21-15(19)20-8)3-2-6-23-12-5-4-9(16)7-10(12)17/h4-5,7H,2-3,6H2,1H3,(H2,18,22)(H2,19,20,21). The van der Waals surface area contributed by atoms with E-state index in [1.807, 2.05) is 0 Å². The molecule has 1 aromatic heterocycles. The van der Waals surface area contributed by atoms with Gasteiger partial charge in [-0.15, -0.1) is 0 Å². The summed E-state index contributed by atoms with van der Waals surface area (Å²) in [5, 5.41) is 0.984. The molecule has 0 saturated carbocycles. The molecule has 23 heavy (non-hydrogen) atoms. The van der Waals surface area contributed by atoms with Gasteiger partial charge in [0.1, 0.15) is 5.75 Å². The van der Waals surface area contributed by atoms with Crippen LogP contribution in [-0.2, 0) is 6.42 Å². The maximum Gasteiger partial charge on any atom is 0.252 e. The second kappa shape index (κ2) is 7.48. The summed E-state index contributed by atoms with van der Waals surface area (Å²) in [7, 11) is 0. The van der Waals surface area contributed by atoms with E-state index in [2.05, 4.69) is 9.97 Å². The lowest BCUT2D eigenvalue weighted by Gasteiger charge is -2.11. The zero-order chi connectivity index (χ0) is 17.0. The number of aryl methyl sites for hydroxylation is 2. The molecule has 1 amide bonds. The van der Waals surface area contributed by atoms with Crippen LogP contribution in [0.2, 0.25) is 10.0 Å². The van der Waals surface area contributed by atoms with Crippen LogP contribution < -0.4 is 16.2 Å². The number of primary amides is 1. The molecule has 0 aliphatic carbocycles. The average Bonchev–Trinajstić information content (AvgIpc) is 2.44. The normalized spacial score (nSPS) is 10.6. The predicted molar refractivity (Wildman–Crippen MR) is 90.0 cm³/mol. The fraction of sp³-hybridized carbons (Fsp3) is 0.267. The van der Waals surface area contributed by atoms with Crippen LogP contribution >= 0.6 is 23.2 Å². The minimum atomic E-state index is -0.570. The number of amides is 1. The van der Waals surface area contributed by atoms with Crippen molar-refractivity contribution in [3.05, 3.63) is 45.2 Å². The number of anilines is 1. The number of aromatic nitrogens is 2. The molecule has 6 nitrogen and oxygen atoms in total. The number of nitrogens with two attached hydrogens (primary N) is 2. The Morgan fingerprint density at radius 3 is 2.70 bits per heavy atom. The molecule has 0 aliphatic heterocycles. The van der Waals surface area contributed by atoms with E-state index in [1.54, 1.807) is 25.1 Å². The number of benzene rings is 1. The second-order valence-corrected chi connectivity index (χ2v) is 5.72. The Kier molecular flexibility index (Phi) is 5.63. The largest absolute Gasteiger partial charge is 0.492 e. The van der Waals surface area contributed by atoms with Crippen LogP contribution in [0.25, 0.3) is 0 Å². The van der Waals surface area contributed by atoms with Crippen molar-refractivity contribution in [1.29, 1.82) is 0 Å². The molecule has 1 heterocycles. The van der Waals surface area contributed by atoms with Crippen molar-refractivity contribution in [2.24, 2.45) is 5.73 Å². The fourth-order valence-electron chi connectivity index (χ4n) is 2.17. The Bertz CT molecular complexity index is 738. The quantitative estimate of drug-likeness (QED) is 0.776. The first-order chi connectivity index (χ1) is 10.9. The summed E-state index contributed by atoms with van der Waals surface area (Å²) in [5.74, 6) is 0.0906. The van der Waals surface area contributed by atoms with Crippen molar-refractivity contribution in [3.63, 3.8) is 0 Å². The van der Waals surface area contributed by atoms with Gasteiger partial charge in [0.25, 0.3) is 5.91 Å². The number of carbonyl (C=O) groups excluding carboxylic acids is 1. The molecule has 0 bridgehead atoms. The van der Waals surface area contributed by atoms with E-state index in [-0.39, 0.29) is 5.95 Å². The number of ether oxygens (including phenoxy) is 1. The SMILES string of the molecule is Cc1nc(N)nc(CCCOc2ccc(Cl)cc2Cl)c1C(N)=O. The topological polar surface area (TPSA) is 104 Å². The predicted octanol–water partition coefficient (Wildman–Crippen LogP) is 2.78. The Morgan fingerprint density at radius 2 is 2.04 bits per heavy atom. The molecular weight excluding hydrogens is 339 g/mol. The van der Waals surface area contributed by atoms with Crippen LogP contribution in [0.3, 0.4) is 0 Å². The lowest BCUT2D eigenvalue weighted by molar-refractivity contribution is 0.0998. The molecule has 0 spiro atoms. The monoisotopic (exact) mass is 354 g/mol. The van der Waals surface area contributed by atoms with Gasteiger partial charge < -0.3 is 16.2 Å². The summed E-state index contributed by atoms with van der Waals surface area (Å²) in [6, 6.07) is 5.01. The van der Waals surface area contributed by atoms with Crippen molar-refractivity contribution in [3.8, 4) is 5.75 Å². The minimum absolute atomic E-state index is 0.115. The molecule has 4 N–H and O–H groups in total. The van der Waals surface area contributed by atoms with Crippen molar-refractivity contribution >= 4 is 35.1 Å². The summed E-state index contributed by atoms with van der Waals surface area (Å²) >= 11 is 11.9. The molecule has 0 atom stereocenters. The fourth-order valence-corrected chi connectivity index (χ4v) is 2.63. The summed E-state index contributed by atoms with van der Waals surface area (Å²) in [6.07, 6.45) is 1.09. The van der Waals surface area contributed by atoms with Gasteiger partial charge in [0.15, 0.2) is 0 Å². The molecule has 0 aliphatic rings. The van der Waals surface area contributed by atoms with E-state index in [9.17, 15) is 4.79 Å². The summed E-state index contributed by atoms with van der Waals surface area (Å²) < 4.78 is 5.59. The zero-order valence-electron chi connectivity index (χ0n) is 12.5. The molecule has 0 radical (unpaired) electrons. The molecule has 122 valence electrons. The van der Waals surface area contributed by atoms with Crippen LogP contribution in [0.1, 0.15) is 28.2 Å². The molecule has 0 saturated heterocycles. The Balaban J connectivity index is 2.00. The van der Waals surface area contributed by atoms with Gasteiger partial charge in [0.05, 0.1) is 28.6 Å². The molecule has 2 rings (SSSR count). The maximum atomic E-state index is 11.5. The van der Waals surface area contributed by atoms with E-state index in [1.165, 1.54) is 0 Å². The van der Waals surface area contributed by atoms with E-state index >= 15 is 0 Å². The number of nitrogen functional groups attached to an aromatic ring is 1. The highest BCUT2D eigenvalue weighted by Gasteiger charge is 2.15. The van der Waals surface area contributed by atoms with Gasteiger partial charge in [-0.3, -0.25) is 4.79 Å². The third-order valence-electron chi connectivity index (χ3n) is 3.14. The van der Waals surface area contributed by atoms with Gasteiger partial charge in [-0.05, 0) is 38.0 Å². The van der Waals surface area contributed by atoms with Crippen LogP contribution in [0.5, 0.6) is 5.75 Å². The number of rotatable bonds is 6. The van der Waals surface area contributed by atoms with Crippen LogP contribution in [0, 0.1) is 6.92 Å². The van der Waals surface area contributed by atoms with E-state index in [4.69, 9.17) is 39.4 Å². The third-order valence-corrected chi connectivity index (χ3v) is 3.67. The number of hydrogen-bond acceptors (Lipinski definition) is 5. The van der Waals surface area contributed by atoms with Crippen molar-refractivity contribution < 1.29 is 9.53 Å². The molecule has 0 unspecified atom stereocenters. The van der Waals surface area contributed by atoms with E-state index in [0.717, 1.165) is 0 Å². The number of carbonyl (C=O) groups is 1. The van der Waals surface area contributed by atoms with Crippen LogP contribution in [0.15, 0.2) is 18.2 Å². The Hall–Kier alpha value is -2.05. The Morgan fingerprint density at radius 1 is 1.30 bits per heavy atom. The summed E-state index contributed by atoms with van der Waals surface area (Å²) in [4.78, 5) is 19.6. The average molecular weight is 355 g/mol. The molecule has 1 aromatic carbocycles. The van der Waals surface area contributed by atoms with Crippen LogP contribution in [-0.4, -0.2) is 22.5 Å². The highest BCUT2D eigenvalue weighted by molar-refractivity contribution is 6.35. The highest BCUT2D eigenvalue weighted by Crippen LogP contribution is 2.27. The zero-order valence-corrected chi connectivity index (χ0v) is 14.0. The molecular formula is C15H16Cl2N4O2. The summed E-state index contributed by atoms with van der Waals surface area (Å²) in [6.45, 7) is 2.06. The lowest BCUT2D eigenvalue weighted by atomic mass is 10.1. The summed E-state index contributed by atoms with van der Waals surface area (Å²) in [5.41, 5.74) is 12.3. The van der Waals surface area contributed by atoms with Gasteiger partial charge in [-0.2, -0.15) is 0 Å². The first kappa shape index (κ1) is 17.3. The number of hydrogen-bond donors (Lipinski definition) is 2. The van der Waals surface area contributed by atoms with Crippen molar-refractivity contribution in [2.45, 2.75) is 19.8 Å². The van der Waals surface area contributed by atoms with Gasteiger partial charge in [0.2, 0.25) is 5.95 Å². The van der Waals surface area contributed by atoms with Gasteiger partial charge in [-0.1, -0.05) is 23.2 Å². The van der Waals surface area contributed by atoms with E-state index in [0.29, 0.717) is 52.2 Å². The Labute approximate surface area is 143 Å². The third kappa shape index (κ3) is 4.46. The van der Waals surface area contributed by atoms with Gasteiger partial charge in [0, 0.05) is 5.02 Å². The second-order valence-electron chi connectivity index (χ2n) is 4.88. The first-order valence-electron chi connectivity index (χ1n) is 6.89. The first-order valence-corrected chi connectivity index (χ1v) is 7.64. The molecule has 8 heteroatoms. The highest BCUT2D eigenvalue weighted by atomic mass is 35.5. The minimum Gasteiger partial charge on any atom is -0.492 e. The van der Waals surface area contributed by atoms with Crippen molar-refractivity contribution in [2.75, 3.05) is 12.3 Å². The van der Waals surface area contributed by atoms with Crippen molar-refractivity contribution in [1.82, 2.24) is 9.97 Å². The number of halogens is 2. The molecule has 0 fully saturated rings. The van der Waals surface area contributed by atoms with E-state index < -0.39 is 5.91 Å². The van der Waals surface area contributed by atoms with Crippen LogP contribution in [0.4, 0.5) is 5.95 Å². The number of nitrogens with zero attached hydrogens (tertiary/aromatic N) is 2. The van der Waals surface area contributed by atoms with Gasteiger partial charge in [-0.25, -0.2) is 9.97 Å². The van der Waals surface area contributed by atoms with Gasteiger partial charge >= 0.3 is 0 Å². The smallest absolute Gasteiger partial charge is 0.252 e. The molecule has 2 aromatic rings. The maximum absolute atomic E-state index is 11.5.